The second-order valence-corrected chi connectivity index (χ2v) is 8.60. The van der Waals surface area contributed by atoms with E-state index in [0.29, 0.717) is 11.7 Å². The third-order valence-electron chi connectivity index (χ3n) is 5.12. The Bertz CT molecular complexity index is 1140. The summed E-state index contributed by atoms with van der Waals surface area (Å²) in [5.74, 6) is 0.830. The summed E-state index contributed by atoms with van der Waals surface area (Å²) in [6.45, 7) is 4.65. The van der Waals surface area contributed by atoms with Gasteiger partial charge < -0.3 is 0 Å². The second-order valence-electron chi connectivity index (χ2n) is 7.29. The van der Waals surface area contributed by atoms with E-state index < -0.39 is 0 Å². The van der Waals surface area contributed by atoms with Gasteiger partial charge in [0.1, 0.15) is 0 Å². The highest BCUT2D eigenvalue weighted by Crippen LogP contribution is 2.29. The Kier molecular flexibility index (Phi) is 6.57. The number of benzene rings is 2. The Balaban J connectivity index is 1.62. The lowest BCUT2D eigenvalue weighted by atomic mass is 10.1. The summed E-state index contributed by atoms with van der Waals surface area (Å²) in [5.41, 5.74) is 3.98. The molecule has 0 radical (unpaired) electrons. The van der Waals surface area contributed by atoms with E-state index in [1.165, 1.54) is 17.3 Å². The molecule has 4 aromatic rings. The first-order valence-electron chi connectivity index (χ1n) is 10.3. The predicted molar refractivity (Wildman–Crippen MR) is 124 cm³/mol. The standard InChI is InChI=1S/C25H24N4OS/c1-3-19-11-13-21(14-12-19)23(30)18(2)31-25-28-27-24(22-10-7-15-26-16-22)29(25)17-20-8-5-4-6-9-20/h4-16,18H,3,17H2,1-2H3. The molecule has 2 aromatic carbocycles. The van der Waals surface area contributed by atoms with Gasteiger partial charge in [0.05, 0.1) is 11.8 Å². The number of aromatic nitrogens is 4. The van der Waals surface area contributed by atoms with E-state index in [1.807, 2.05) is 61.5 Å². The van der Waals surface area contributed by atoms with Crippen LogP contribution < -0.4 is 0 Å². The molecule has 0 fully saturated rings. The zero-order chi connectivity index (χ0) is 21.6. The van der Waals surface area contributed by atoms with Gasteiger partial charge in [-0.1, -0.05) is 73.3 Å². The lowest BCUT2D eigenvalue weighted by Gasteiger charge is -2.13. The monoisotopic (exact) mass is 428 g/mol. The highest BCUT2D eigenvalue weighted by molar-refractivity contribution is 8.00. The summed E-state index contributed by atoms with van der Waals surface area (Å²) in [6.07, 6.45) is 4.48. The van der Waals surface area contributed by atoms with Crippen LogP contribution in [0.5, 0.6) is 0 Å². The number of nitrogens with zero attached hydrogens (tertiary/aromatic N) is 4. The summed E-state index contributed by atoms with van der Waals surface area (Å²) in [5, 5.41) is 9.29. The van der Waals surface area contributed by atoms with Crippen LogP contribution in [0.15, 0.2) is 84.3 Å². The van der Waals surface area contributed by atoms with E-state index in [0.717, 1.165) is 28.9 Å². The molecular formula is C25H24N4OS. The van der Waals surface area contributed by atoms with Crippen LogP contribution in [0.25, 0.3) is 11.4 Å². The minimum atomic E-state index is -0.284. The predicted octanol–water partition coefficient (Wildman–Crippen LogP) is 5.31. The van der Waals surface area contributed by atoms with Gasteiger partial charge in [0.25, 0.3) is 0 Å². The highest BCUT2D eigenvalue weighted by atomic mass is 32.2. The number of rotatable bonds is 8. The van der Waals surface area contributed by atoms with Crippen molar-refractivity contribution >= 4 is 17.5 Å². The Morgan fingerprint density at radius 1 is 0.968 bits per heavy atom. The smallest absolute Gasteiger partial charge is 0.192 e. The van der Waals surface area contributed by atoms with E-state index >= 15 is 0 Å². The first-order chi connectivity index (χ1) is 15.2. The average Bonchev–Trinajstić information content (AvgIpc) is 3.21. The molecule has 1 unspecified atom stereocenters. The molecule has 4 rings (SSSR count). The molecule has 0 aliphatic heterocycles. The fourth-order valence-corrected chi connectivity index (χ4v) is 4.27. The van der Waals surface area contributed by atoms with Crippen LogP contribution in [0.1, 0.15) is 35.3 Å². The van der Waals surface area contributed by atoms with Crippen LogP contribution in [-0.4, -0.2) is 30.8 Å². The fourth-order valence-electron chi connectivity index (χ4n) is 3.34. The maximum absolute atomic E-state index is 13.0. The number of ketones is 1. The van der Waals surface area contributed by atoms with Crippen molar-refractivity contribution < 1.29 is 4.79 Å². The van der Waals surface area contributed by atoms with Crippen LogP contribution in [0.3, 0.4) is 0 Å². The van der Waals surface area contributed by atoms with Crippen LogP contribution >= 0.6 is 11.8 Å². The first-order valence-corrected chi connectivity index (χ1v) is 11.2. The largest absolute Gasteiger partial charge is 0.297 e. The lowest BCUT2D eigenvalue weighted by molar-refractivity contribution is 0.0994. The molecular weight excluding hydrogens is 404 g/mol. The third-order valence-corrected chi connectivity index (χ3v) is 6.20. The van der Waals surface area contributed by atoms with Gasteiger partial charge in [-0.15, -0.1) is 10.2 Å². The molecule has 0 N–H and O–H groups in total. The highest BCUT2D eigenvalue weighted by Gasteiger charge is 2.22. The molecule has 2 heterocycles. The van der Waals surface area contributed by atoms with Gasteiger partial charge in [-0.2, -0.15) is 0 Å². The number of Topliss-reactive ketones (excluding diaryl/α,β-unsaturated/α-hetero) is 1. The molecule has 0 saturated carbocycles. The van der Waals surface area contributed by atoms with Crippen molar-refractivity contribution in [3.63, 3.8) is 0 Å². The maximum atomic E-state index is 13.0. The number of carbonyl (C=O) groups excluding carboxylic acids is 1. The van der Waals surface area contributed by atoms with Crippen LogP contribution in [0.2, 0.25) is 0 Å². The fraction of sp³-hybridized carbons (Fsp3) is 0.200. The van der Waals surface area contributed by atoms with E-state index in [9.17, 15) is 4.79 Å². The topological polar surface area (TPSA) is 60.7 Å². The Hall–Kier alpha value is -3.25. The summed E-state index contributed by atoms with van der Waals surface area (Å²) < 4.78 is 2.06. The van der Waals surface area contributed by atoms with Crippen molar-refractivity contribution in [3.8, 4) is 11.4 Å². The van der Waals surface area contributed by atoms with Crippen LogP contribution in [0.4, 0.5) is 0 Å². The van der Waals surface area contributed by atoms with Crippen LogP contribution in [-0.2, 0) is 13.0 Å². The molecule has 0 saturated heterocycles. The Morgan fingerprint density at radius 3 is 2.42 bits per heavy atom. The van der Waals surface area contributed by atoms with Gasteiger partial charge >= 0.3 is 0 Å². The van der Waals surface area contributed by atoms with Crippen molar-refractivity contribution in [2.45, 2.75) is 37.2 Å². The molecule has 31 heavy (non-hydrogen) atoms. The second kappa shape index (κ2) is 9.71. The molecule has 0 spiro atoms. The van der Waals surface area contributed by atoms with Crippen molar-refractivity contribution in [1.29, 1.82) is 0 Å². The Morgan fingerprint density at radius 2 is 1.74 bits per heavy atom. The zero-order valence-electron chi connectivity index (χ0n) is 17.6. The molecule has 0 aliphatic rings. The quantitative estimate of drug-likeness (QED) is 0.281. The van der Waals surface area contributed by atoms with Crippen LogP contribution in [0, 0.1) is 0 Å². The third kappa shape index (κ3) is 4.91. The van der Waals surface area contributed by atoms with E-state index in [4.69, 9.17) is 0 Å². The maximum Gasteiger partial charge on any atom is 0.192 e. The van der Waals surface area contributed by atoms with Crippen molar-refractivity contribution in [1.82, 2.24) is 19.7 Å². The minimum Gasteiger partial charge on any atom is -0.297 e. The number of aryl methyl sites for hydroxylation is 1. The summed E-state index contributed by atoms with van der Waals surface area (Å²) in [6, 6.07) is 21.9. The van der Waals surface area contributed by atoms with E-state index in [2.05, 4.69) is 38.8 Å². The molecule has 0 aliphatic carbocycles. The number of hydrogen-bond donors (Lipinski definition) is 0. The number of pyridine rings is 1. The SMILES string of the molecule is CCc1ccc(C(=O)C(C)Sc2nnc(-c3cccnc3)n2Cc2ccccc2)cc1. The van der Waals surface area contributed by atoms with Crippen molar-refractivity contribution in [2.75, 3.05) is 0 Å². The van der Waals surface area contributed by atoms with Gasteiger partial charge in [-0.3, -0.25) is 14.3 Å². The number of hydrogen-bond acceptors (Lipinski definition) is 5. The first kappa shape index (κ1) is 21.0. The van der Waals surface area contributed by atoms with Crippen molar-refractivity contribution in [3.05, 3.63) is 95.8 Å². The molecule has 6 heteroatoms. The van der Waals surface area contributed by atoms with E-state index in [1.54, 1.807) is 12.4 Å². The lowest BCUT2D eigenvalue weighted by Crippen LogP contribution is -2.15. The molecule has 0 amide bonds. The summed E-state index contributed by atoms with van der Waals surface area (Å²) in [4.78, 5) is 17.2. The zero-order valence-corrected chi connectivity index (χ0v) is 18.4. The van der Waals surface area contributed by atoms with Gasteiger partial charge in [-0.05, 0) is 36.6 Å². The average molecular weight is 429 g/mol. The molecule has 1 atom stereocenters. The van der Waals surface area contributed by atoms with Gasteiger partial charge in [-0.25, -0.2) is 0 Å². The van der Waals surface area contributed by atoms with E-state index in [-0.39, 0.29) is 11.0 Å². The molecule has 156 valence electrons. The molecule has 0 bridgehead atoms. The molecule has 5 nitrogen and oxygen atoms in total. The Labute approximate surface area is 186 Å². The van der Waals surface area contributed by atoms with Gasteiger partial charge in [0, 0.05) is 23.5 Å². The van der Waals surface area contributed by atoms with Gasteiger partial charge in [0.2, 0.25) is 0 Å². The normalized spacial score (nSPS) is 11.9. The minimum absolute atomic E-state index is 0.0878. The number of carbonyl (C=O) groups is 1. The van der Waals surface area contributed by atoms with Gasteiger partial charge in [0.15, 0.2) is 16.8 Å². The number of thioether (sulfide) groups is 1. The summed E-state index contributed by atoms with van der Waals surface area (Å²) in [7, 11) is 0. The molecule has 2 aromatic heterocycles. The summed E-state index contributed by atoms with van der Waals surface area (Å²) >= 11 is 1.44. The van der Waals surface area contributed by atoms with Crippen molar-refractivity contribution in [2.24, 2.45) is 0 Å².